The Kier molecular flexibility index (Phi) is 4.54. The zero-order valence-corrected chi connectivity index (χ0v) is 17.5. The molecule has 1 heterocycles. The predicted octanol–water partition coefficient (Wildman–Crippen LogP) is 6.11. The molecule has 3 aromatic carbocycles. The van der Waals surface area contributed by atoms with Gasteiger partial charge in [0.2, 0.25) is 0 Å². The number of anilines is 1. The minimum absolute atomic E-state index is 0.0448. The molecule has 0 fully saturated rings. The average molecular weight is 471 g/mol. The van der Waals surface area contributed by atoms with Crippen LogP contribution in [0.4, 0.5) is 10.1 Å². The number of fused-ring (bicyclic) bond motifs is 1. The first-order valence-electron chi connectivity index (χ1n) is 8.84. The van der Waals surface area contributed by atoms with Gasteiger partial charge >= 0.3 is 0 Å². The number of hydrogen-bond acceptors (Lipinski definition) is 1. The lowest BCUT2D eigenvalue weighted by molar-refractivity contribution is 0.0993. The summed E-state index contributed by atoms with van der Waals surface area (Å²) in [7, 11) is 0. The zero-order chi connectivity index (χ0) is 19.3. The molecule has 1 atom stereocenters. The van der Waals surface area contributed by atoms with E-state index in [4.69, 9.17) is 0 Å². The highest BCUT2D eigenvalue weighted by Crippen LogP contribution is 2.44. The molecule has 1 aliphatic rings. The van der Waals surface area contributed by atoms with Crippen LogP contribution in [0.2, 0.25) is 0 Å². The van der Waals surface area contributed by atoms with Gasteiger partial charge in [0.05, 0.1) is 6.04 Å². The monoisotopic (exact) mass is 471 g/mol. The molecular formula is C23H19FINO. The molecule has 0 bridgehead atoms. The van der Waals surface area contributed by atoms with E-state index in [9.17, 15) is 9.18 Å². The molecule has 0 saturated heterocycles. The van der Waals surface area contributed by atoms with Gasteiger partial charge in [-0.3, -0.25) is 9.69 Å². The fourth-order valence-corrected chi connectivity index (χ4v) is 4.51. The fourth-order valence-electron chi connectivity index (χ4n) is 4.07. The first-order valence-corrected chi connectivity index (χ1v) is 9.92. The number of nitrogens with zero attached hydrogens (tertiary/aromatic N) is 1. The lowest BCUT2D eigenvalue weighted by Crippen LogP contribution is -2.29. The van der Waals surface area contributed by atoms with Gasteiger partial charge in [-0.25, -0.2) is 4.39 Å². The predicted molar refractivity (Wildman–Crippen MR) is 115 cm³/mol. The standard InChI is InChI=1S/C23H19FINO/c1-13-12-14(2)21(25)15(3)20(13)22-18-6-4-5-7-19(18)23(27)26(22)17-10-8-16(24)9-11-17/h4-12,22H,1-3H3. The summed E-state index contributed by atoms with van der Waals surface area (Å²) in [4.78, 5) is 15.1. The van der Waals surface area contributed by atoms with Crippen molar-refractivity contribution in [1.29, 1.82) is 0 Å². The Morgan fingerprint density at radius 3 is 2.33 bits per heavy atom. The molecule has 0 radical (unpaired) electrons. The molecular weight excluding hydrogens is 452 g/mol. The van der Waals surface area contributed by atoms with E-state index in [0.29, 0.717) is 11.3 Å². The SMILES string of the molecule is Cc1cc(C)c(C2c3ccccc3C(=O)N2c2ccc(F)cc2)c(C)c1I. The summed E-state index contributed by atoms with van der Waals surface area (Å²) in [5.74, 6) is -0.353. The minimum Gasteiger partial charge on any atom is -0.297 e. The minimum atomic E-state index is -0.309. The molecule has 136 valence electrons. The molecule has 0 aromatic heterocycles. The third-order valence-electron chi connectivity index (χ3n) is 5.28. The van der Waals surface area contributed by atoms with Crippen LogP contribution in [0.15, 0.2) is 54.6 Å². The molecule has 2 nitrogen and oxygen atoms in total. The molecule has 0 saturated carbocycles. The Morgan fingerprint density at radius 2 is 1.63 bits per heavy atom. The molecule has 3 aromatic rings. The van der Waals surface area contributed by atoms with Crippen molar-refractivity contribution < 1.29 is 9.18 Å². The number of aryl methyl sites for hydroxylation is 2. The van der Waals surface area contributed by atoms with E-state index >= 15 is 0 Å². The van der Waals surface area contributed by atoms with Crippen molar-refractivity contribution in [3.63, 3.8) is 0 Å². The fraction of sp³-hybridized carbons (Fsp3) is 0.174. The number of benzene rings is 3. The topological polar surface area (TPSA) is 20.3 Å². The van der Waals surface area contributed by atoms with Gasteiger partial charge in [-0.05, 0) is 102 Å². The van der Waals surface area contributed by atoms with Crippen LogP contribution in [0.5, 0.6) is 0 Å². The Bertz CT molecular complexity index is 1060. The van der Waals surface area contributed by atoms with Gasteiger partial charge in [-0.15, -0.1) is 0 Å². The number of carbonyl (C=O) groups is 1. The van der Waals surface area contributed by atoms with Gasteiger partial charge in [-0.2, -0.15) is 0 Å². The maximum absolute atomic E-state index is 13.5. The lowest BCUT2D eigenvalue weighted by Gasteiger charge is -2.29. The normalized spacial score (nSPS) is 16.0. The zero-order valence-electron chi connectivity index (χ0n) is 15.4. The van der Waals surface area contributed by atoms with Crippen LogP contribution < -0.4 is 4.90 Å². The van der Waals surface area contributed by atoms with Gasteiger partial charge in [0.15, 0.2) is 0 Å². The van der Waals surface area contributed by atoms with Gasteiger partial charge < -0.3 is 0 Å². The highest BCUT2D eigenvalue weighted by molar-refractivity contribution is 14.1. The summed E-state index contributed by atoms with van der Waals surface area (Å²) >= 11 is 2.38. The summed E-state index contributed by atoms with van der Waals surface area (Å²) in [6.45, 7) is 6.32. The Morgan fingerprint density at radius 1 is 0.963 bits per heavy atom. The Balaban J connectivity index is 1.99. The molecule has 0 N–H and O–H groups in total. The Hall–Kier alpha value is -2.21. The van der Waals surface area contributed by atoms with Gasteiger partial charge in [0.1, 0.15) is 5.82 Å². The van der Waals surface area contributed by atoms with E-state index in [0.717, 1.165) is 16.7 Å². The van der Waals surface area contributed by atoms with Crippen LogP contribution >= 0.6 is 22.6 Å². The van der Waals surface area contributed by atoms with E-state index < -0.39 is 0 Å². The van der Waals surface area contributed by atoms with Crippen LogP contribution in [0, 0.1) is 30.2 Å². The van der Waals surface area contributed by atoms with E-state index in [1.165, 1.54) is 26.8 Å². The third kappa shape index (κ3) is 2.87. The van der Waals surface area contributed by atoms with Crippen molar-refractivity contribution in [1.82, 2.24) is 0 Å². The first-order chi connectivity index (χ1) is 12.9. The van der Waals surface area contributed by atoms with Gasteiger partial charge in [0.25, 0.3) is 5.91 Å². The molecule has 27 heavy (non-hydrogen) atoms. The largest absolute Gasteiger partial charge is 0.297 e. The van der Waals surface area contributed by atoms with E-state index in [-0.39, 0.29) is 17.8 Å². The maximum atomic E-state index is 13.5. The smallest absolute Gasteiger partial charge is 0.259 e. The molecule has 0 spiro atoms. The van der Waals surface area contributed by atoms with E-state index in [1.54, 1.807) is 17.0 Å². The highest BCUT2D eigenvalue weighted by atomic mass is 127. The van der Waals surface area contributed by atoms with Crippen molar-refractivity contribution in [3.05, 3.63) is 97.4 Å². The summed E-state index contributed by atoms with van der Waals surface area (Å²) in [6.07, 6.45) is 0. The van der Waals surface area contributed by atoms with Crippen LogP contribution in [-0.2, 0) is 0 Å². The van der Waals surface area contributed by atoms with Crippen LogP contribution in [0.1, 0.15) is 44.2 Å². The lowest BCUT2D eigenvalue weighted by atomic mass is 9.89. The van der Waals surface area contributed by atoms with Crippen molar-refractivity contribution >= 4 is 34.2 Å². The molecule has 0 aliphatic carbocycles. The maximum Gasteiger partial charge on any atom is 0.259 e. The van der Waals surface area contributed by atoms with Gasteiger partial charge in [-0.1, -0.05) is 24.3 Å². The number of halogens is 2. The van der Waals surface area contributed by atoms with Crippen molar-refractivity contribution in [2.75, 3.05) is 4.90 Å². The van der Waals surface area contributed by atoms with Crippen molar-refractivity contribution in [2.24, 2.45) is 0 Å². The second-order valence-corrected chi connectivity index (χ2v) is 8.08. The van der Waals surface area contributed by atoms with Crippen molar-refractivity contribution in [3.8, 4) is 0 Å². The number of hydrogen-bond donors (Lipinski definition) is 0. The summed E-state index contributed by atoms with van der Waals surface area (Å²) < 4.78 is 14.7. The molecule has 1 amide bonds. The summed E-state index contributed by atoms with van der Waals surface area (Å²) in [5.41, 5.74) is 7.14. The van der Waals surface area contributed by atoms with Crippen LogP contribution in [0.25, 0.3) is 0 Å². The Labute approximate surface area is 172 Å². The number of amides is 1. The quantitative estimate of drug-likeness (QED) is 0.414. The summed E-state index contributed by atoms with van der Waals surface area (Å²) in [5, 5.41) is 0. The highest BCUT2D eigenvalue weighted by Gasteiger charge is 2.40. The average Bonchev–Trinajstić information content (AvgIpc) is 2.94. The summed E-state index contributed by atoms with van der Waals surface area (Å²) in [6, 6.07) is 15.9. The molecule has 1 aliphatic heterocycles. The second kappa shape index (κ2) is 6.75. The van der Waals surface area contributed by atoms with Gasteiger partial charge in [0, 0.05) is 14.8 Å². The van der Waals surface area contributed by atoms with Crippen LogP contribution in [0.3, 0.4) is 0 Å². The number of rotatable bonds is 2. The molecule has 4 rings (SSSR count). The van der Waals surface area contributed by atoms with E-state index in [2.05, 4.69) is 49.4 Å². The second-order valence-electron chi connectivity index (χ2n) is 7.00. The van der Waals surface area contributed by atoms with E-state index in [1.807, 2.05) is 24.3 Å². The van der Waals surface area contributed by atoms with Crippen LogP contribution in [-0.4, -0.2) is 5.91 Å². The molecule has 1 unspecified atom stereocenters. The number of carbonyl (C=O) groups excluding carboxylic acids is 1. The first kappa shape index (κ1) is 18.2. The van der Waals surface area contributed by atoms with Crippen molar-refractivity contribution in [2.45, 2.75) is 26.8 Å². The third-order valence-corrected chi connectivity index (χ3v) is 6.94. The molecule has 4 heteroatoms.